The number of aromatic nitrogens is 2. The Morgan fingerprint density at radius 3 is 2.82 bits per heavy atom. The van der Waals surface area contributed by atoms with E-state index in [4.69, 9.17) is 4.74 Å². The summed E-state index contributed by atoms with van der Waals surface area (Å²) >= 11 is 0. The first-order chi connectivity index (χ1) is 8.01. The Labute approximate surface area is 102 Å². The molecule has 0 aromatic carbocycles. The lowest BCUT2D eigenvalue weighted by atomic mass is 9.98. The molecule has 17 heavy (non-hydrogen) atoms. The molecule has 0 bridgehead atoms. The van der Waals surface area contributed by atoms with Crippen molar-refractivity contribution in [2.24, 2.45) is 0 Å². The smallest absolute Gasteiger partial charge is 0.266 e. The summed E-state index contributed by atoms with van der Waals surface area (Å²) in [7, 11) is 1.67. The summed E-state index contributed by atoms with van der Waals surface area (Å²) in [5.41, 5.74) is -0.449. The molecule has 1 aromatic heterocycles. The normalized spacial score (nSPS) is 13.6. The molecule has 1 aromatic rings. The van der Waals surface area contributed by atoms with Crippen LogP contribution in [-0.2, 0) is 11.3 Å². The van der Waals surface area contributed by atoms with Gasteiger partial charge in [-0.3, -0.25) is 4.79 Å². The molecule has 1 N–H and O–H groups in total. The van der Waals surface area contributed by atoms with Crippen LogP contribution < -0.4 is 10.9 Å². The molecule has 1 atom stereocenters. The third-order valence-electron chi connectivity index (χ3n) is 2.96. The molecule has 0 aliphatic heterocycles. The number of methoxy groups -OCH3 is 1. The Morgan fingerprint density at radius 2 is 2.29 bits per heavy atom. The average molecular weight is 239 g/mol. The van der Waals surface area contributed by atoms with Crippen molar-refractivity contribution in [3.63, 3.8) is 0 Å². The minimum atomic E-state index is -0.354. The Kier molecular flexibility index (Phi) is 4.84. The first-order valence-corrected chi connectivity index (χ1v) is 5.82. The van der Waals surface area contributed by atoms with Crippen molar-refractivity contribution in [1.82, 2.24) is 15.1 Å². The van der Waals surface area contributed by atoms with Crippen LogP contribution in [0.4, 0.5) is 0 Å². The summed E-state index contributed by atoms with van der Waals surface area (Å²) in [5.74, 6) is 0. The van der Waals surface area contributed by atoms with Gasteiger partial charge < -0.3 is 10.1 Å². The third-order valence-corrected chi connectivity index (χ3v) is 2.96. The van der Waals surface area contributed by atoms with Crippen molar-refractivity contribution in [3.05, 3.63) is 28.7 Å². The van der Waals surface area contributed by atoms with Crippen molar-refractivity contribution in [3.8, 4) is 0 Å². The molecule has 5 nitrogen and oxygen atoms in total. The van der Waals surface area contributed by atoms with Gasteiger partial charge in [0.05, 0.1) is 18.2 Å². The summed E-state index contributed by atoms with van der Waals surface area (Å²) in [6.45, 7) is 7.33. The molecule has 1 rings (SSSR count). The van der Waals surface area contributed by atoms with E-state index >= 15 is 0 Å². The van der Waals surface area contributed by atoms with Gasteiger partial charge in [0, 0.05) is 19.4 Å². The van der Waals surface area contributed by atoms with Crippen LogP contribution in [0, 0.1) is 0 Å². The number of nitrogens with one attached hydrogen (secondary N) is 1. The Morgan fingerprint density at radius 1 is 1.59 bits per heavy atom. The summed E-state index contributed by atoms with van der Waals surface area (Å²) in [5, 5.41) is 7.38. The van der Waals surface area contributed by atoms with Crippen LogP contribution in [0.15, 0.2) is 23.1 Å². The minimum absolute atomic E-state index is 0.0325. The topological polar surface area (TPSA) is 56.2 Å². The molecule has 0 spiro atoms. The van der Waals surface area contributed by atoms with Gasteiger partial charge in [-0.1, -0.05) is 6.92 Å². The maximum Gasteiger partial charge on any atom is 0.266 e. The van der Waals surface area contributed by atoms with Crippen LogP contribution in [0.5, 0.6) is 0 Å². The highest BCUT2D eigenvalue weighted by molar-refractivity contribution is 4.89. The highest BCUT2D eigenvalue weighted by atomic mass is 16.5. The third kappa shape index (κ3) is 3.64. The molecule has 1 unspecified atom stereocenters. The van der Waals surface area contributed by atoms with Crippen LogP contribution in [0.25, 0.3) is 0 Å². The van der Waals surface area contributed by atoms with Crippen molar-refractivity contribution >= 4 is 0 Å². The van der Waals surface area contributed by atoms with Crippen molar-refractivity contribution in [1.29, 1.82) is 0 Å². The number of hydrogen-bond acceptors (Lipinski definition) is 4. The van der Waals surface area contributed by atoms with E-state index in [-0.39, 0.29) is 17.2 Å². The minimum Gasteiger partial charge on any atom is -0.377 e. The lowest BCUT2D eigenvalue weighted by Crippen LogP contribution is -2.51. The Hall–Kier alpha value is -1.20. The van der Waals surface area contributed by atoms with Gasteiger partial charge in [-0.05, 0) is 26.5 Å². The van der Waals surface area contributed by atoms with Gasteiger partial charge in [-0.15, -0.1) is 0 Å². The standard InChI is InChI=1S/C12H21N3O2/c1-5-13-10(12(2,3)17-4)9-15-11(16)7-6-8-14-15/h6-8,10,13H,5,9H2,1-4H3. The summed E-state index contributed by atoms with van der Waals surface area (Å²) in [6, 6.07) is 3.18. The highest BCUT2D eigenvalue weighted by Crippen LogP contribution is 2.14. The second-order valence-electron chi connectivity index (χ2n) is 4.46. The molecule has 5 heteroatoms. The highest BCUT2D eigenvalue weighted by Gasteiger charge is 2.29. The number of hydrogen-bond donors (Lipinski definition) is 1. The van der Waals surface area contributed by atoms with E-state index < -0.39 is 0 Å². The molecule has 0 aliphatic carbocycles. The fourth-order valence-electron chi connectivity index (χ4n) is 1.62. The quantitative estimate of drug-likeness (QED) is 0.792. The predicted molar refractivity (Wildman–Crippen MR) is 67.0 cm³/mol. The van der Waals surface area contributed by atoms with Gasteiger partial charge in [0.15, 0.2) is 0 Å². The van der Waals surface area contributed by atoms with Gasteiger partial charge in [-0.25, -0.2) is 4.68 Å². The molecule has 0 amide bonds. The van der Waals surface area contributed by atoms with Gasteiger partial charge in [0.25, 0.3) is 5.56 Å². The fraction of sp³-hybridized carbons (Fsp3) is 0.667. The van der Waals surface area contributed by atoms with Gasteiger partial charge >= 0.3 is 0 Å². The van der Waals surface area contributed by atoms with Crippen molar-refractivity contribution in [2.45, 2.75) is 39.0 Å². The maximum absolute atomic E-state index is 11.6. The summed E-state index contributed by atoms with van der Waals surface area (Å²) in [6.07, 6.45) is 1.62. The molecule has 1 heterocycles. The zero-order valence-electron chi connectivity index (χ0n) is 10.9. The first kappa shape index (κ1) is 13.9. The van der Waals surface area contributed by atoms with Crippen molar-refractivity contribution in [2.75, 3.05) is 13.7 Å². The lowest BCUT2D eigenvalue weighted by Gasteiger charge is -2.33. The van der Waals surface area contributed by atoms with Crippen LogP contribution in [0.2, 0.25) is 0 Å². The second-order valence-corrected chi connectivity index (χ2v) is 4.46. The van der Waals surface area contributed by atoms with E-state index in [9.17, 15) is 4.79 Å². The zero-order valence-corrected chi connectivity index (χ0v) is 10.9. The van der Waals surface area contributed by atoms with E-state index in [1.54, 1.807) is 19.4 Å². The predicted octanol–water partition coefficient (Wildman–Crippen LogP) is 0.646. The van der Waals surface area contributed by atoms with E-state index in [1.807, 2.05) is 20.8 Å². The molecular formula is C12H21N3O2. The Balaban J connectivity index is 2.88. The SMILES string of the molecule is CCNC(Cn1ncccc1=O)C(C)(C)OC. The largest absolute Gasteiger partial charge is 0.377 e. The lowest BCUT2D eigenvalue weighted by molar-refractivity contribution is -0.0157. The molecule has 96 valence electrons. The first-order valence-electron chi connectivity index (χ1n) is 5.82. The molecule has 0 radical (unpaired) electrons. The van der Waals surface area contributed by atoms with Gasteiger partial charge in [0.2, 0.25) is 0 Å². The second kappa shape index (κ2) is 5.93. The number of likely N-dealkylation sites (N-methyl/N-ethyl adjacent to an activating group) is 1. The fourth-order valence-corrected chi connectivity index (χ4v) is 1.62. The van der Waals surface area contributed by atoms with E-state index in [0.29, 0.717) is 6.54 Å². The maximum atomic E-state index is 11.6. The summed E-state index contributed by atoms with van der Waals surface area (Å²) in [4.78, 5) is 11.6. The number of ether oxygens (including phenoxy) is 1. The molecule has 0 saturated carbocycles. The average Bonchev–Trinajstić information content (AvgIpc) is 2.31. The van der Waals surface area contributed by atoms with Gasteiger partial charge in [0.1, 0.15) is 0 Å². The summed E-state index contributed by atoms with van der Waals surface area (Å²) < 4.78 is 6.91. The number of nitrogens with zero attached hydrogens (tertiary/aromatic N) is 2. The molecular weight excluding hydrogens is 218 g/mol. The zero-order chi connectivity index (χ0) is 12.9. The molecule has 0 aliphatic rings. The molecule has 0 fully saturated rings. The van der Waals surface area contributed by atoms with Gasteiger partial charge in [-0.2, -0.15) is 5.10 Å². The van der Waals surface area contributed by atoms with Crippen molar-refractivity contribution < 1.29 is 4.74 Å². The number of rotatable bonds is 6. The van der Waals surface area contributed by atoms with E-state index in [0.717, 1.165) is 6.54 Å². The van der Waals surface area contributed by atoms with E-state index in [1.165, 1.54) is 10.7 Å². The Bertz CT molecular complexity index is 401. The van der Waals surface area contributed by atoms with Crippen LogP contribution >= 0.6 is 0 Å². The van der Waals surface area contributed by atoms with Crippen LogP contribution in [-0.4, -0.2) is 35.1 Å². The van der Waals surface area contributed by atoms with Crippen LogP contribution in [0.1, 0.15) is 20.8 Å². The van der Waals surface area contributed by atoms with E-state index in [2.05, 4.69) is 10.4 Å². The molecule has 0 saturated heterocycles. The van der Waals surface area contributed by atoms with Crippen LogP contribution in [0.3, 0.4) is 0 Å². The monoisotopic (exact) mass is 239 g/mol.